The third-order valence-electron chi connectivity index (χ3n) is 6.82. The lowest BCUT2D eigenvalue weighted by Crippen LogP contribution is -2.57. The molecule has 3 fully saturated rings. The number of hydrogen-bond acceptors (Lipinski definition) is 4. The van der Waals surface area contributed by atoms with E-state index in [1.807, 2.05) is 32.0 Å². The summed E-state index contributed by atoms with van der Waals surface area (Å²) >= 11 is 0. The Hall–Kier alpha value is -2.90. The van der Waals surface area contributed by atoms with E-state index in [-0.39, 0.29) is 35.7 Å². The normalized spacial score (nSPS) is 23.1. The largest absolute Gasteiger partial charge is 0.341 e. The molecule has 1 aromatic carbocycles. The Labute approximate surface area is 188 Å². The summed E-state index contributed by atoms with van der Waals surface area (Å²) < 4.78 is 0. The summed E-state index contributed by atoms with van der Waals surface area (Å²) in [6.45, 7) is 5.92. The van der Waals surface area contributed by atoms with Crippen LogP contribution in [0.1, 0.15) is 56.3 Å². The van der Waals surface area contributed by atoms with Gasteiger partial charge in [-0.25, -0.2) is 4.79 Å². The summed E-state index contributed by atoms with van der Waals surface area (Å²) in [5.41, 5.74) is -0.324. The number of nitrogens with zero attached hydrogens (tertiary/aromatic N) is 3. The fourth-order valence-electron chi connectivity index (χ4n) is 5.04. The molecule has 172 valence electrons. The van der Waals surface area contributed by atoms with E-state index in [4.69, 9.17) is 0 Å². The van der Waals surface area contributed by atoms with Crippen molar-refractivity contribution in [3.63, 3.8) is 0 Å². The summed E-state index contributed by atoms with van der Waals surface area (Å²) in [5.74, 6) is 0.0870. The quantitative estimate of drug-likeness (QED) is 0.727. The number of urea groups is 1. The first-order valence-electron chi connectivity index (χ1n) is 11.6. The van der Waals surface area contributed by atoms with E-state index in [9.17, 15) is 19.2 Å². The molecule has 1 aromatic rings. The van der Waals surface area contributed by atoms with Crippen molar-refractivity contribution in [2.45, 2.75) is 57.5 Å². The SMILES string of the molecule is CC(C)CC(=O)N1CCC[C@H](N2C(=O)NC3(CCN(C(=O)c4ccccc4)CC3)C2=O)C1. The van der Waals surface area contributed by atoms with Crippen LogP contribution < -0.4 is 5.32 Å². The summed E-state index contributed by atoms with van der Waals surface area (Å²) in [5, 5.41) is 2.94. The highest BCUT2D eigenvalue weighted by Crippen LogP contribution is 2.33. The Morgan fingerprint density at radius 3 is 2.41 bits per heavy atom. The van der Waals surface area contributed by atoms with Crippen LogP contribution in [0.3, 0.4) is 0 Å². The van der Waals surface area contributed by atoms with E-state index in [1.165, 1.54) is 4.90 Å². The third kappa shape index (κ3) is 4.23. The van der Waals surface area contributed by atoms with Gasteiger partial charge in [0.1, 0.15) is 5.54 Å². The zero-order chi connectivity index (χ0) is 22.9. The van der Waals surface area contributed by atoms with E-state index in [2.05, 4.69) is 5.32 Å². The molecule has 8 heteroatoms. The fourth-order valence-corrected chi connectivity index (χ4v) is 5.04. The zero-order valence-electron chi connectivity index (χ0n) is 18.9. The first-order chi connectivity index (χ1) is 15.3. The molecule has 1 atom stereocenters. The molecular formula is C24H32N4O4. The van der Waals surface area contributed by atoms with Crippen molar-refractivity contribution in [3.8, 4) is 0 Å². The van der Waals surface area contributed by atoms with Crippen molar-refractivity contribution < 1.29 is 19.2 Å². The molecule has 0 unspecified atom stereocenters. The molecule has 3 aliphatic heterocycles. The number of rotatable bonds is 4. The molecular weight excluding hydrogens is 408 g/mol. The number of imide groups is 1. The Bertz CT molecular complexity index is 893. The van der Waals surface area contributed by atoms with E-state index in [1.54, 1.807) is 21.9 Å². The van der Waals surface area contributed by atoms with Gasteiger partial charge in [0, 0.05) is 38.2 Å². The number of amides is 5. The second-order valence-electron chi connectivity index (χ2n) is 9.58. The average Bonchev–Trinajstić information content (AvgIpc) is 3.03. The van der Waals surface area contributed by atoms with Gasteiger partial charge >= 0.3 is 6.03 Å². The monoisotopic (exact) mass is 440 g/mol. The van der Waals surface area contributed by atoms with Crippen LogP contribution in [0, 0.1) is 5.92 Å². The second-order valence-corrected chi connectivity index (χ2v) is 9.58. The molecule has 32 heavy (non-hydrogen) atoms. The van der Waals surface area contributed by atoms with Crippen LogP contribution in [0.4, 0.5) is 4.79 Å². The molecule has 3 aliphatic rings. The van der Waals surface area contributed by atoms with Gasteiger partial charge in [0.25, 0.3) is 11.8 Å². The standard InChI is InChI=1S/C24H32N4O4/c1-17(2)15-20(29)27-12-6-9-19(16-27)28-22(31)24(25-23(28)32)10-13-26(14-11-24)21(30)18-7-4-3-5-8-18/h3-5,7-8,17,19H,6,9-16H2,1-2H3,(H,25,32)/t19-/m0/s1. The number of carbonyl (C=O) groups excluding carboxylic acids is 4. The van der Waals surface area contributed by atoms with Crippen LogP contribution in [0.25, 0.3) is 0 Å². The van der Waals surface area contributed by atoms with E-state index in [0.717, 1.165) is 6.42 Å². The maximum atomic E-state index is 13.4. The molecule has 0 saturated carbocycles. The molecule has 1 N–H and O–H groups in total. The highest BCUT2D eigenvalue weighted by Gasteiger charge is 2.54. The minimum Gasteiger partial charge on any atom is -0.341 e. The fraction of sp³-hybridized carbons (Fsp3) is 0.583. The summed E-state index contributed by atoms with van der Waals surface area (Å²) in [4.78, 5) is 56.4. The van der Waals surface area contributed by atoms with Crippen LogP contribution in [0.5, 0.6) is 0 Å². The summed E-state index contributed by atoms with van der Waals surface area (Å²) in [6, 6.07) is 8.43. The molecule has 3 heterocycles. The van der Waals surface area contributed by atoms with Crippen LogP contribution in [-0.2, 0) is 9.59 Å². The van der Waals surface area contributed by atoms with Crippen LogP contribution in [-0.4, -0.2) is 76.2 Å². The highest BCUT2D eigenvalue weighted by atomic mass is 16.2. The number of carbonyl (C=O) groups is 4. The molecule has 0 aliphatic carbocycles. The minimum absolute atomic E-state index is 0.0549. The molecule has 5 amide bonds. The summed E-state index contributed by atoms with van der Waals surface area (Å²) in [6.07, 6.45) is 2.75. The van der Waals surface area contributed by atoms with Crippen molar-refractivity contribution >= 4 is 23.8 Å². The predicted octanol–water partition coefficient (Wildman–Crippen LogP) is 2.25. The number of nitrogens with one attached hydrogen (secondary N) is 1. The van der Waals surface area contributed by atoms with Gasteiger partial charge in [0.2, 0.25) is 5.91 Å². The minimum atomic E-state index is -0.950. The van der Waals surface area contributed by atoms with Crippen molar-refractivity contribution in [2.24, 2.45) is 5.92 Å². The van der Waals surface area contributed by atoms with E-state index < -0.39 is 5.54 Å². The van der Waals surface area contributed by atoms with Crippen molar-refractivity contribution in [3.05, 3.63) is 35.9 Å². The van der Waals surface area contributed by atoms with Gasteiger partial charge in [-0.3, -0.25) is 19.3 Å². The second kappa shape index (κ2) is 8.92. The highest BCUT2D eigenvalue weighted by molar-refractivity contribution is 6.07. The number of benzene rings is 1. The van der Waals surface area contributed by atoms with Gasteiger partial charge in [-0.05, 0) is 43.7 Å². The molecule has 0 aromatic heterocycles. The van der Waals surface area contributed by atoms with E-state index >= 15 is 0 Å². The van der Waals surface area contributed by atoms with Crippen LogP contribution in [0.2, 0.25) is 0 Å². The molecule has 4 rings (SSSR count). The Morgan fingerprint density at radius 2 is 1.75 bits per heavy atom. The first-order valence-corrected chi connectivity index (χ1v) is 11.6. The van der Waals surface area contributed by atoms with Crippen LogP contribution in [0.15, 0.2) is 30.3 Å². The average molecular weight is 441 g/mol. The zero-order valence-corrected chi connectivity index (χ0v) is 18.9. The topological polar surface area (TPSA) is 90.0 Å². The van der Waals surface area contributed by atoms with Gasteiger partial charge in [-0.2, -0.15) is 0 Å². The van der Waals surface area contributed by atoms with Gasteiger partial charge in [0.05, 0.1) is 6.04 Å². The van der Waals surface area contributed by atoms with Gasteiger partial charge in [-0.15, -0.1) is 0 Å². The number of likely N-dealkylation sites (tertiary alicyclic amines) is 2. The Kier molecular flexibility index (Phi) is 6.22. The number of hydrogen-bond donors (Lipinski definition) is 1. The summed E-state index contributed by atoms with van der Waals surface area (Å²) in [7, 11) is 0. The Morgan fingerprint density at radius 1 is 1.06 bits per heavy atom. The molecule has 0 radical (unpaired) electrons. The van der Waals surface area contributed by atoms with Crippen molar-refractivity contribution in [1.82, 2.24) is 20.0 Å². The smallest absolute Gasteiger partial charge is 0.325 e. The molecule has 1 spiro atoms. The lowest BCUT2D eigenvalue weighted by Gasteiger charge is -2.39. The third-order valence-corrected chi connectivity index (χ3v) is 6.82. The predicted molar refractivity (Wildman–Crippen MR) is 119 cm³/mol. The molecule has 8 nitrogen and oxygen atoms in total. The Balaban J connectivity index is 1.41. The van der Waals surface area contributed by atoms with E-state index in [0.29, 0.717) is 57.4 Å². The van der Waals surface area contributed by atoms with Crippen molar-refractivity contribution in [2.75, 3.05) is 26.2 Å². The maximum Gasteiger partial charge on any atom is 0.325 e. The van der Waals surface area contributed by atoms with Crippen molar-refractivity contribution in [1.29, 1.82) is 0 Å². The number of piperidine rings is 2. The van der Waals surface area contributed by atoms with Gasteiger partial charge < -0.3 is 15.1 Å². The lowest BCUT2D eigenvalue weighted by molar-refractivity contribution is -0.139. The van der Waals surface area contributed by atoms with Crippen LogP contribution >= 0.6 is 0 Å². The first kappa shape index (κ1) is 22.3. The molecule has 3 saturated heterocycles. The molecule has 0 bridgehead atoms. The maximum absolute atomic E-state index is 13.4. The van der Waals surface area contributed by atoms with Gasteiger partial charge in [0.15, 0.2) is 0 Å². The lowest BCUT2D eigenvalue weighted by atomic mass is 9.86. The van der Waals surface area contributed by atoms with Gasteiger partial charge in [-0.1, -0.05) is 32.0 Å².